The van der Waals surface area contributed by atoms with Crippen molar-refractivity contribution in [3.63, 3.8) is 0 Å². The lowest BCUT2D eigenvalue weighted by atomic mass is 10.1. The van der Waals surface area contributed by atoms with Crippen LogP contribution < -0.4 is 0 Å². The number of rotatable bonds is 9. The van der Waals surface area contributed by atoms with Gasteiger partial charge in [0.1, 0.15) is 5.82 Å². The highest BCUT2D eigenvalue weighted by molar-refractivity contribution is 5.20. The molecule has 0 aliphatic heterocycles. The van der Waals surface area contributed by atoms with E-state index in [1.54, 1.807) is 19.2 Å². The topological polar surface area (TPSA) is 41.9 Å². The van der Waals surface area contributed by atoms with E-state index < -0.39 is 6.10 Å². The molecule has 3 atom stereocenters. The Morgan fingerprint density at radius 3 is 2.52 bits per heavy atom. The number of likely N-dealkylation sites (N-methyl/N-ethyl adjacent to an activating group) is 1. The smallest absolute Gasteiger partial charge is 0.127 e. The Balaban J connectivity index is 2.45. The maximum atomic E-state index is 13.7. The lowest BCUT2D eigenvalue weighted by Crippen LogP contribution is -2.35. The molecule has 0 fully saturated rings. The summed E-state index contributed by atoms with van der Waals surface area (Å²) in [5.41, 5.74) is 0.626. The predicted octanol–water partition coefficient (Wildman–Crippen LogP) is 2.23. The van der Waals surface area contributed by atoms with Crippen molar-refractivity contribution in [2.24, 2.45) is 0 Å². The van der Waals surface area contributed by atoms with Crippen LogP contribution in [0.15, 0.2) is 24.3 Å². The molecule has 1 aromatic rings. The Morgan fingerprint density at radius 2 is 1.90 bits per heavy atom. The first-order valence-corrected chi connectivity index (χ1v) is 7.19. The second-order valence-corrected chi connectivity index (χ2v) is 5.39. The molecule has 120 valence electrons. The van der Waals surface area contributed by atoms with E-state index in [-0.39, 0.29) is 24.6 Å². The molecule has 0 spiro atoms. The highest BCUT2D eigenvalue weighted by atomic mass is 19.1. The molecule has 0 saturated heterocycles. The molecular formula is C16H26FNO3. The summed E-state index contributed by atoms with van der Waals surface area (Å²) in [4.78, 5) is 1.91. The fourth-order valence-electron chi connectivity index (χ4n) is 2.15. The van der Waals surface area contributed by atoms with Gasteiger partial charge in [-0.1, -0.05) is 18.2 Å². The van der Waals surface area contributed by atoms with Gasteiger partial charge in [-0.25, -0.2) is 4.39 Å². The van der Waals surface area contributed by atoms with Crippen molar-refractivity contribution in [2.75, 3.05) is 33.9 Å². The molecule has 0 radical (unpaired) electrons. The molecule has 1 rings (SSSR count). The first-order valence-electron chi connectivity index (χ1n) is 7.19. The third-order valence-corrected chi connectivity index (χ3v) is 3.49. The second-order valence-electron chi connectivity index (χ2n) is 5.39. The van der Waals surface area contributed by atoms with Gasteiger partial charge in [0.05, 0.1) is 25.4 Å². The summed E-state index contributed by atoms with van der Waals surface area (Å²) in [7, 11) is 3.47. The fraction of sp³-hybridized carbons (Fsp3) is 0.625. The van der Waals surface area contributed by atoms with E-state index in [4.69, 9.17) is 9.47 Å². The minimum Gasteiger partial charge on any atom is -0.389 e. The van der Waals surface area contributed by atoms with E-state index in [1.165, 1.54) is 6.07 Å². The summed E-state index contributed by atoms with van der Waals surface area (Å²) in [5.74, 6) is -0.226. The van der Waals surface area contributed by atoms with Crippen LogP contribution in [0.2, 0.25) is 0 Å². The van der Waals surface area contributed by atoms with Crippen molar-refractivity contribution < 1.29 is 19.0 Å². The van der Waals surface area contributed by atoms with E-state index in [0.717, 1.165) is 0 Å². The van der Waals surface area contributed by atoms with Crippen molar-refractivity contribution in [3.05, 3.63) is 35.6 Å². The molecule has 0 amide bonds. The summed E-state index contributed by atoms with van der Waals surface area (Å²) < 4.78 is 24.2. The Hall–Kier alpha value is -1.01. The number of hydrogen-bond donors (Lipinski definition) is 1. The molecule has 0 saturated carbocycles. The molecule has 21 heavy (non-hydrogen) atoms. The van der Waals surface area contributed by atoms with Crippen LogP contribution in [0.3, 0.4) is 0 Å². The largest absolute Gasteiger partial charge is 0.389 e. The quantitative estimate of drug-likeness (QED) is 0.759. The number of ether oxygens (including phenoxy) is 2. The van der Waals surface area contributed by atoms with E-state index in [0.29, 0.717) is 18.7 Å². The standard InChI is InChI=1S/C16H26FNO3/c1-12(10-20-4)21-11-14(19)9-18(3)13(2)15-7-5-6-8-16(15)17/h5-8,12-14,19H,9-11H2,1-4H3. The maximum absolute atomic E-state index is 13.7. The minimum absolute atomic E-state index is 0.0565. The highest BCUT2D eigenvalue weighted by Crippen LogP contribution is 2.21. The molecule has 1 N–H and O–H groups in total. The summed E-state index contributed by atoms with van der Waals surface area (Å²) >= 11 is 0. The SMILES string of the molecule is COCC(C)OCC(O)CN(C)C(C)c1ccccc1F. The van der Waals surface area contributed by atoms with Crippen LogP contribution in [0.4, 0.5) is 4.39 Å². The zero-order chi connectivity index (χ0) is 15.8. The van der Waals surface area contributed by atoms with E-state index in [2.05, 4.69) is 0 Å². The van der Waals surface area contributed by atoms with Gasteiger partial charge in [-0.2, -0.15) is 0 Å². The van der Waals surface area contributed by atoms with Crippen molar-refractivity contribution >= 4 is 0 Å². The Morgan fingerprint density at radius 1 is 1.24 bits per heavy atom. The number of hydrogen-bond acceptors (Lipinski definition) is 4. The monoisotopic (exact) mass is 299 g/mol. The Kier molecular flexibility index (Phi) is 7.82. The van der Waals surface area contributed by atoms with Crippen LogP contribution in [0, 0.1) is 5.82 Å². The van der Waals surface area contributed by atoms with Gasteiger partial charge in [0.15, 0.2) is 0 Å². The van der Waals surface area contributed by atoms with Gasteiger partial charge in [0, 0.05) is 25.3 Å². The molecular weight excluding hydrogens is 273 g/mol. The molecule has 0 aromatic heterocycles. The van der Waals surface area contributed by atoms with Crippen molar-refractivity contribution in [1.29, 1.82) is 0 Å². The normalized spacial score (nSPS) is 16.0. The van der Waals surface area contributed by atoms with Gasteiger partial charge in [-0.3, -0.25) is 4.90 Å². The van der Waals surface area contributed by atoms with Crippen LogP contribution in [-0.4, -0.2) is 56.1 Å². The van der Waals surface area contributed by atoms with Gasteiger partial charge in [0.25, 0.3) is 0 Å². The summed E-state index contributed by atoms with van der Waals surface area (Å²) in [5, 5.41) is 10.0. The second kappa shape index (κ2) is 9.10. The summed E-state index contributed by atoms with van der Waals surface area (Å²) in [6, 6.07) is 6.59. The first kappa shape index (κ1) is 18.0. The van der Waals surface area contributed by atoms with E-state index in [9.17, 15) is 9.50 Å². The molecule has 0 heterocycles. The van der Waals surface area contributed by atoms with Gasteiger partial charge in [-0.15, -0.1) is 0 Å². The van der Waals surface area contributed by atoms with Crippen molar-refractivity contribution in [3.8, 4) is 0 Å². The summed E-state index contributed by atoms with van der Waals surface area (Å²) in [6.45, 7) is 4.95. The third-order valence-electron chi connectivity index (χ3n) is 3.49. The maximum Gasteiger partial charge on any atom is 0.127 e. The van der Waals surface area contributed by atoms with Crippen LogP contribution in [0.1, 0.15) is 25.5 Å². The number of benzene rings is 1. The van der Waals surface area contributed by atoms with E-state index in [1.807, 2.05) is 31.9 Å². The fourth-order valence-corrected chi connectivity index (χ4v) is 2.15. The van der Waals surface area contributed by atoms with Crippen LogP contribution in [-0.2, 0) is 9.47 Å². The minimum atomic E-state index is -0.622. The van der Waals surface area contributed by atoms with Crippen molar-refractivity contribution in [1.82, 2.24) is 4.90 Å². The highest BCUT2D eigenvalue weighted by Gasteiger charge is 2.18. The first-order chi connectivity index (χ1) is 9.95. The van der Waals surface area contributed by atoms with Gasteiger partial charge >= 0.3 is 0 Å². The number of nitrogens with zero attached hydrogens (tertiary/aromatic N) is 1. The van der Waals surface area contributed by atoms with Gasteiger partial charge < -0.3 is 14.6 Å². The number of halogens is 1. The lowest BCUT2D eigenvalue weighted by molar-refractivity contribution is -0.0403. The molecule has 1 aromatic carbocycles. The molecule has 4 nitrogen and oxygen atoms in total. The van der Waals surface area contributed by atoms with Crippen LogP contribution in [0.25, 0.3) is 0 Å². The third kappa shape index (κ3) is 6.09. The lowest BCUT2D eigenvalue weighted by Gasteiger charge is -2.28. The summed E-state index contributed by atoms with van der Waals surface area (Å²) in [6.07, 6.45) is -0.678. The average molecular weight is 299 g/mol. The number of methoxy groups -OCH3 is 1. The van der Waals surface area contributed by atoms with Gasteiger partial charge in [-0.05, 0) is 27.0 Å². The molecule has 3 unspecified atom stereocenters. The van der Waals surface area contributed by atoms with Gasteiger partial charge in [0.2, 0.25) is 0 Å². The molecule has 0 bridgehead atoms. The number of aliphatic hydroxyl groups is 1. The molecule has 5 heteroatoms. The molecule has 0 aliphatic rings. The Bertz CT molecular complexity index is 416. The molecule has 0 aliphatic carbocycles. The Labute approximate surface area is 126 Å². The van der Waals surface area contributed by atoms with Crippen LogP contribution in [0.5, 0.6) is 0 Å². The average Bonchev–Trinajstić information content (AvgIpc) is 2.45. The zero-order valence-electron chi connectivity index (χ0n) is 13.3. The number of aliphatic hydroxyl groups excluding tert-OH is 1. The van der Waals surface area contributed by atoms with E-state index >= 15 is 0 Å². The van der Waals surface area contributed by atoms with Crippen molar-refractivity contribution in [2.45, 2.75) is 32.1 Å². The predicted molar refractivity (Wildman–Crippen MR) is 80.7 cm³/mol. The zero-order valence-corrected chi connectivity index (χ0v) is 13.3. The van der Waals surface area contributed by atoms with Crippen LogP contribution >= 0.6 is 0 Å².